The fourth-order valence-corrected chi connectivity index (χ4v) is 3.99. The van der Waals surface area contributed by atoms with Gasteiger partial charge in [0.1, 0.15) is 5.82 Å². The molecule has 1 N–H and O–H groups in total. The molecule has 30 heavy (non-hydrogen) atoms. The van der Waals surface area contributed by atoms with Crippen molar-refractivity contribution in [3.63, 3.8) is 0 Å². The lowest BCUT2D eigenvalue weighted by molar-refractivity contribution is 0.340. The first-order valence-corrected chi connectivity index (χ1v) is 10.1. The van der Waals surface area contributed by atoms with E-state index in [1.807, 2.05) is 18.2 Å². The minimum atomic E-state index is -0.185. The minimum Gasteiger partial charge on any atom is -0.502 e. The number of fused-ring (bicyclic) bond motifs is 1. The van der Waals surface area contributed by atoms with E-state index < -0.39 is 0 Å². The van der Waals surface area contributed by atoms with Gasteiger partial charge in [-0.1, -0.05) is 31.4 Å². The smallest absolute Gasteiger partial charge is 0.282 e. The number of aromatic nitrogens is 2. The van der Waals surface area contributed by atoms with Crippen molar-refractivity contribution >= 4 is 17.1 Å². The van der Waals surface area contributed by atoms with E-state index in [0.29, 0.717) is 22.3 Å². The summed E-state index contributed by atoms with van der Waals surface area (Å²) in [6, 6.07) is 10.6. The normalized spacial score (nSPS) is 15.0. The number of ether oxygens (including phenoxy) is 2. The monoisotopic (exact) mass is 407 g/mol. The lowest BCUT2D eigenvalue weighted by Crippen LogP contribution is -2.25. The number of aromatic hydroxyl groups is 1. The van der Waals surface area contributed by atoms with Crippen LogP contribution in [0.3, 0.4) is 0 Å². The summed E-state index contributed by atoms with van der Waals surface area (Å²) in [5, 5.41) is 15.2. The van der Waals surface area contributed by atoms with Gasteiger partial charge in [-0.25, -0.2) is 4.98 Å². The van der Waals surface area contributed by atoms with Crippen LogP contribution in [0.4, 0.5) is 0 Å². The van der Waals surface area contributed by atoms with E-state index in [0.717, 1.165) is 25.7 Å². The number of phenols is 1. The molecule has 0 saturated heterocycles. The Morgan fingerprint density at radius 1 is 1.10 bits per heavy atom. The third kappa shape index (κ3) is 3.75. The summed E-state index contributed by atoms with van der Waals surface area (Å²) in [4.78, 5) is 18.0. The predicted octanol–water partition coefficient (Wildman–Crippen LogP) is 4.05. The Hall–Kier alpha value is -3.35. The molecule has 1 heterocycles. The van der Waals surface area contributed by atoms with Gasteiger partial charge in [0.15, 0.2) is 11.5 Å². The molecule has 7 heteroatoms. The van der Waals surface area contributed by atoms with Crippen molar-refractivity contribution in [3.05, 3.63) is 58.1 Å². The van der Waals surface area contributed by atoms with Crippen LogP contribution in [0.15, 0.2) is 46.3 Å². The maximum absolute atomic E-state index is 13.2. The SMILES string of the molecule is COc1cc(C=Nn2c(C3CCCCC3)nc3ccccc3c2=O)cc(OC)c1O. The highest BCUT2D eigenvalue weighted by Gasteiger charge is 2.22. The predicted molar refractivity (Wildman–Crippen MR) is 116 cm³/mol. The van der Waals surface area contributed by atoms with Crippen molar-refractivity contribution in [1.29, 1.82) is 0 Å². The zero-order valence-corrected chi connectivity index (χ0v) is 17.2. The molecule has 0 atom stereocenters. The molecule has 0 radical (unpaired) electrons. The van der Waals surface area contributed by atoms with Gasteiger partial charge in [0.05, 0.1) is 31.3 Å². The van der Waals surface area contributed by atoms with Crippen molar-refractivity contribution in [3.8, 4) is 17.2 Å². The summed E-state index contributed by atoms with van der Waals surface area (Å²) < 4.78 is 11.8. The molecular formula is C23H25N3O4. The average molecular weight is 407 g/mol. The molecule has 1 fully saturated rings. The third-order valence-corrected chi connectivity index (χ3v) is 5.57. The van der Waals surface area contributed by atoms with Crippen LogP contribution in [0, 0.1) is 0 Å². The van der Waals surface area contributed by atoms with Crippen molar-refractivity contribution in [2.75, 3.05) is 14.2 Å². The molecule has 0 amide bonds. The molecule has 156 valence electrons. The lowest BCUT2D eigenvalue weighted by atomic mass is 9.88. The molecule has 0 spiro atoms. The summed E-state index contributed by atoms with van der Waals surface area (Å²) >= 11 is 0. The Balaban J connectivity index is 1.83. The van der Waals surface area contributed by atoms with Gasteiger partial charge in [0, 0.05) is 11.5 Å². The van der Waals surface area contributed by atoms with Crippen LogP contribution in [-0.4, -0.2) is 35.2 Å². The number of rotatable bonds is 5. The van der Waals surface area contributed by atoms with Gasteiger partial charge < -0.3 is 14.6 Å². The van der Waals surface area contributed by atoms with Crippen LogP contribution in [0.5, 0.6) is 17.2 Å². The molecule has 1 aromatic heterocycles. The zero-order chi connectivity index (χ0) is 21.1. The number of nitrogens with zero attached hydrogens (tertiary/aromatic N) is 3. The lowest BCUT2D eigenvalue weighted by Gasteiger charge is -2.22. The first-order valence-electron chi connectivity index (χ1n) is 10.1. The number of phenolic OH excluding ortho intramolecular Hbond substituents is 1. The standard InChI is InChI=1S/C23H25N3O4/c1-29-19-12-15(13-20(30-2)21(19)27)14-24-26-22(16-8-4-3-5-9-16)25-18-11-7-6-10-17(18)23(26)28/h6-7,10-14,16,27H,3-5,8-9H2,1-2H3. The van der Waals surface area contributed by atoms with E-state index in [2.05, 4.69) is 5.10 Å². The van der Waals surface area contributed by atoms with Gasteiger partial charge in [-0.05, 0) is 37.1 Å². The largest absolute Gasteiger partial charge is 0.502 e. The van der Waals surface area contributed by atoms with E-state index in [1.165, 1.54) is 25.3 Å². The Kier molecular flexibility index (Phi) is 5.70. The third-order valence-electron chi connectivity index (χ3n) is 5.57. The second-order valence-electron chi connectivity index (χ2n) is 7.46. The highest BCUT2D eigenvalue weighted by Crippen LogP contribution is 2.36. The maximum Gasteiger partial charge on any atom is 0.282 e. The van der Waals surface area contributed by atoms with Gasteiger partial charge in [-0.15, -0.1) is 0 Å². The van der Waals surface area contributed by atoms with Crippen molar-refractivity contribution < 1.29 is 14.6 Å². The van der Waals surface area contributed by atoms with E-state index in [-0.39, 0.29) is 28.7 Å². The van der Waals surface area contributed by atoms with E-state index in [4.69, 9.17) is 14.5 Å². The average Bonchev–Trinajstić information content (AvgIpc) is 2.79. The topological polar surface area (TPSA) is 85.9 Å². The van der Waals surface area contributed by atoms with Gasteiger partial charge in [-0.3, -0.25) is 4.79 Å². The maximum atomic E-state index is 13.2. The number of methoxy groups -OCH3 is 2. The summed E-state index contributed by atoms with van der Waals surface area (Å²) in [6.07, 6.45) is 7.04. The Labute approximate surface area is 174 Å². The Bertz CT molecular complexity index is 1120. The van der Waals surface area contributed by atoms with Gasteiger partial charge in [0.2, 0.25) is 5.75 Å². The van der Waals surface area contributed by atoms with E-state index >= 15 is 0 Å². The molecule has 1 saturated carbocycles. The van der Waals surface area contributed by atoms with Crippen molar-refractivity contribution in [2.45, 2.75) is 38.0 Å². The summed E-state index contributed by atoms with van der Waals surface area (Å²) in [5.74, 6) is 1.37. The zero-order valence-electron chi connectivity index (χ0n) is 17.2. The molecule has 1 aliphatic carbocycles. The highest BCUT2D eigenvalue weighted by atomic mass is 16.5. The fourth-order valence-electron chi connectivity index (χ4n) is 3.99. The van der Waals surface area contributed by atoms with E-state index in [1.54, 1.807) is 24.4 Å². The molecule has 0 aliphatic heterocycles. The molecular weight excluding hydrogens is 382 g/mol. The number of para-hydroxylation sites is 1. The highest BCUT2D eigenvalue weighted by molar-refractivity contribution is 5.83. The van der Waals surface area contributed by atoms with Crippen LogP contribution in [0.1, 0.15) is 49.4 Å². The molecule has 4 rings (SSSR count). The Morgan fingerprint density at radius 2 is 1.77 bits per heavy atom. The minimum absolute atomic E-state index is 0.0791. The summed E-state index contributed by atoms with van der Waals surface area (Å²) in [7, 11) is 2.93. The molecule has 1 aliphatic rings. The second-order valence-corrected chi connectivity index (χ2v) is 7.46. The summed E-state index contributed by atoms with van der Waals surface area (Å²) in [6.45, 7) is 0. The van der Waals surface area contributed by atoms with Crippen LogP contribution < -0.4 is 15.0 Å². The van der Waals surface area contributed by atoms with E-state index in [9.17, 15) is 9.90 Å². The first kappa shape index (κ1) is 19.9. The number of benzene rings is 2. The number of hydrogen-bond donors (Lipinski definition) is 1. The van der Waals surface area contributed by atoms with Crippen LogP contribution in [0.25, 0.3) is 10.9 Å². The molecule has 0 bridgehead atoms. The van der Waals surface area contributed by atoms with Crippen LogP contribution in [-0.2, 0) is 0 Å². The van der Waals surface area contributed by atoms with Crippen molar-refractivity contribution in [2.24, 2.45) is 5.10 Å². The Morgan fingerprint density at radius 3 is 2.43 bits per heavy atom. The van der Waals surface area contributed by atoms with Crippen LogP contribution >= 0.6 is 0 Å². The van der Waals surface area contributed by atoms with Gasteiger partial charge in [-0.2, -0.15) is 9.78 Å². The summed E-state index contributed by atoms with van der Waals surface area (Å²) in [5.41, 5.74) is 1.15. The molecule has 3 aromatic rings. The van der Waals surface area contributed by atoms with Gasteiger partial charge in [0.25, 0.3) is 5.56 Å². The van der Waals surface area contributed by atoms with Gasteiger partial charge >= 0.3 is 0 Å². The first-order chi connectivity index (χ1) is 14.6. The van der Waals surface area contributed by atoms with Crippen LogP contribution in [0.2, 0.25) is 0 Å². The molecule has 2 aromatic carbocycles. The number of hydrogen-bond acceptors (Lipinski definition) is 6. The quantitative estimate of drug-likeness (QED) is 0.645. The van der Waals surface area contributed by atoms with Crippen molar-refractivity contribution in [1.82, 2.24) is 9.66 Å². The second kappa shape index (κ2) is 8.57. The fraction of sp³-hybridized carbons (Fsp3) is 0.348. The molecule has 0 unspecified atom stereocenters. The molecule has 7 nitrogen and oxygen atoms in total.